The van der Waals surface area contributed by atoms with Gasteiger partial charge in [0.25, 0.3) is 5.91 Å². The molecule has 1 heterocycles. The number of carbonyl (C=O) groups excluding carboxylic acids is 1. The van der Waals surface area contributed by atoms with Crippen molar-refractivity contribution in [3.63, 3.8) is 0 Å². The van der Waals surface area contributed by atoms with E-state index in [0.717, 1.165) is 12.1 Å². The predicted molar refractivity (Wildman–Crippen MR) is 83.7 cm³/mol. The molecule has 1 unspecified atom stereocenters. The molecule has 0 radical (unpaired) electrons. The maximum absolute atomic E-state index is 11.5. The van der Waals surface area contributed by atoms with Gasteiger partial charge in [0.15, 0.2) is 0 Å². The maximum Gasteiger partial charge on any atom is 0.254 e. The van der Waals surface area contributed by atoms with E-state index in [1.165, 1.54) is 6.20 Å². The van der Waals surface area contributed by atoms with E-state index in [0.29, 0.717) is 11.8 Å². The summed E-state index contributed by atoms with van der Waals surface area (Å²) in [6.07, 6.45) is 2.38. The molecule has 1 aromatic carbocycles. The standard InChI is InChI=1S/C15H19N5O/c1-3-10(2)18-15-17-9-12(13(16)21)14(20-15)19-11-7-5-4-6-8-11/h4-10H,3H2,1-2H3,(H2,16,21)(H2,17,18,19,20). The Morgan fingerprint density at radius 1 is 1.33 bits per heavy atom. The summed E-state index contributed by atoms with van der Waals surface area (Å²) in [4.78, 5) is 20.0. The van der Waals surface area contributed by atoms with Gasteiger partial charge in [0.2, 0.25) is 5.95 Å². The third-order valence-electron chi connectivity index (χ3n) is 3.08. The zero-order chi connectivity index (χ0) is 15.2. The maximum atomic E-state index is 11.5. The molecule has 1 atom stereocenters. The molecule has 110 valence electrons. The number of aromatic nitrogens is 2. The second-order valence-electron chi connectivity index (χ2n) is 4.76. The van der Waals surface area contributed by atoms with E-state index >= 15 is 0 Å². The minimum atomic E-state index is -0.566. The summed E-state index contributed by atoms with van der Waals surface area (Å²) < 4.78 is 0. The number of amides is 1. The summed E-state index contributed by atoms with van der Waals surface area (Å²) in [5.41, 5.74) is 6.45. The van der Waals surface area contributed by atoms with Crippen LogP contribution in [0.25, 0.3) is 0 Å². The number of anilines is 3. The quantitative estimate of drug-likeness (QED) is 0.758. The van der Waals surface area contributed by atoms with Crippen LogP contribution in [0.4, 0.5) is 17.5 Å². The molecular weight excluding hydrogens is 266 g/mol. The number of primary amides is 1. The summed E-state index contributed by atoms with van der Waals surface area (Å²) in [5, 5.41) is 6.26. The molecule has 6 nitrogen and oxygen atoms in total. The first kappa shape index (κ1) is 14.8. The first-order valence-corrected chi connectivity index (χ1v) is 6.85. The van der Waals surface area contributed by atoms with Crippen molar-refractivity contribution >= 4 is 23.4 Å². The monoisotopic (exact) mass is 285 g/mol. The molecule has 1 aromatic heterocycles. The molecular formula is C15H19N5O. The van der Waals surface area contributed by atoms with Crippen LogP contribution in [0.3, 0.4) is 0 Å². The lowest BCUT2D eigenvalue weighted by Crippen LogP contribution is -2.19. The Morgan fingerprint density at radius 3 is 2.67 bits per heavy atom. The minimum absolute atomic E-state index is 0.244. The van der Waals surface area contributed by atoms with Gasteiger partial charge in [-0.1, -0.05) is 25.1 Å². The van der Waals surface area contributed by atoms with E-state index in [9.17, 15) is 4.79 Å². The first-order chi connectivity index (χ1) is 10.1. The number of nitrogens with one attached hydrogen (secondary N) is 2. The molecule has 4 N–H and O–H groups in total. The molecule has 0 saturated heterocycles. The smallest absolute Gasteiger partial charge is 0.254 e. The number of nitrogens with zero attached hydrogens (tertiary/aromatic N) is 2. The second-order valence-corrected chi connectivity index (χ2v) is 4.76. The SMILES string of the molecule is CCC(C)Nc1ncc(C(N)=O)c(Nc2ccccc2)n1. The Labute approximate surface area is 123 Å². The van der Waals surface area contributed by atoms with Gasteiger partial charge in [-0.25, -0.2) is 4.98 Å². The van der Waals surface area contributed by atoms with Gasteiger partial charge in [0.1, 0.15) is 11.4 Å². The van der Waals surface area contributed by atoms with Crippen LogP contribution in [0.2, 0.25) is 0 Å². The molecule has 2 rings (SSSR count). The zero-order valence-electron chi connectivity index (χ0n) is 12.1. The number of hydrogen-bond donors (Lipinski definition) is 3. The molecule has 0 fully saturated rings. The van der Waals surface area contributed by atoms with E-state index in [1.807, 2.05) is 37.3 Å². The van der Waals surface area contributed by atoms with Gasteiger partial charge in [-0.05, 0) is 25.5 Å². The van der Waals surface area contributed by atoms with Crippen molar-refractivity contribution in [3.05, 3.63) is 42.1 Å². The highest BCUT2D eigenvalue weighted by molar-refractivity contribution is 5.98. The van der Waals surface area contributed by atoms with E-state index in [1.54, 1.807) is 0 Å². The Balaban J connectivity index is 2.31. The van der Waals surface area contributed by atoms with Crippen LogP contribution in [0.15, 0.2) is 36.5 Å². The third kappa shape index (κ3) is 3.92. The number of rotatable bonds is 6. The predicted octanol–water partition coefficient (Wildman–Crippen LogP) is 2.53. The Hall–Kier alpha value is -2.63. The summed E-state index contributed by atoms with van der Waals surface area (Å²) in [5.74, 6) is 0.297. The Bertz CT molecular complexity index is 615. The molecule has 0 aliphatic rings. The average molecular weight is 285 g/mol. The van der Waals surface area contributed by atoms with Gasteiger partial charge in [0, 0.05) is 17.9 Å². The minimum Gasteiger partial charge on any atom is -0.365 e. The zero-order valence-corrected chi connectivity index (χ0v) is 12.1. The fourth-order valence-corrected chi connectivity index (χ4v) is 1.71. The number of hydrogen-bond acceptors (Lipinski definition) is 5. The van der Waals surface area contributed by atoms with Crippen molar-refractivity contribution < 1.29 is 4.79 Å². The van der Waals surface area contributed by atoms with Crippen molar-refractivity contribution in [2.24, 2.45) is 5.73 Å². The van der Waals surface area contributed by atoms with Gasteiger partial charge in [-0.2, -0.15) is 4.98 Å². The van der Waals surface area contributed by atoms with E-state index in [2.05, 4.69) is 27.5 Å². The van der Waals surface area contributed by atoms with Gasteiger partial charge in [-0.15, -0.1) is 0 Å². The van der Waals surface area contributed by atoms with Gasteiger partial charge < -0.3 is 16.4 Å². The highest BCUT2D eigenvalue weighted by atomic mass is 16.1. The molecule has 2 aromatic rings. The van der Waals surface area contributed by atoms with Crippen molar-refractivity contribution in [2.45, 2.75) is 26.3 Å². The molecule has 0 aliphatic carbocycles. The topological polar surface area (TPSA) is 92.9 Å². The number of para-hydroxylation sites is 1. The second kappa shape index (κ2) is 6.69. The Morgan fingerprint density at radius 2 is 2.05 bits per heavy atom. The number of benzene rings is 1. The van der Waals surface area contributed by atoms with Crippen molar-refractivity contribution in [1.29, 1.82) is 0 Å². The highest BCUT2D eigenvalue weighted by Crippen LogP contribution is 2.19. The molecule has 6 heteroatoms. The molecule has 1 amide bonds. The molecule has 0 saturated carbocycles. The molecule has 0 spiro atoms. The highest BCUT2D eigenvalue weighted by Gasteiger charge is 2.13. The van der Waals surface area contributed by atoms with Crippen LogP contribution in [-0.4, -0.2) is 21.9 Å². The summed E-state index contributed by atoms with van der Waals surface area (Å²) in [6.45, 7) is 4.11. The normalized spacial score (nSPS) is 11.7. The van der Waals surface area contributed by atoms with Crippen LogP contribution in [0.5, 0.6) is 0 Å². The average Bonchev–Trinajstić information content (AvgIpc) is 2.48. The third-order valence-corrected chi connectivity index (χ3v) is 3.08. The van der Waals surface area contributed by atoms with E-state index in [4.69, 9.17) is 5.73 Å². The van der Waals surface area contributed by atoms with Gasteiger partial charge in [-0.3, -0.25) is 4.79 Å². The molecule has 0 bridgehead atoms. The number of carbonyl (C=O) groups is 1. The number of nitrogens with two attached hydrogens (primary N) is 1. The van der Waals surface area contributed by atoms with Crippen molar-refractivity contribution in [1.82, 2.24) is 9.97 Å². The fraction of sp³-hybridized carbons (Fsp3) is 0.267. The van der Waals surface area contributed by atoms with Crippen LogP contribution >= 0.6 is 0 Å². The summed E-state index contributed by atoms with van der Waals surface area (Å²) in [6, 6.07) is 9.71. The lowest BCUT2D eigenvalue weighted by atomic mass is 10.2. The van der Waals surface area contributed by atoms with Crippen LogP contribution < -0.4 is 16.4 Å². The van der Waals surface area contributed by atoms with Crippen molar-refractivity contribution in [2.75, 3.05) is 10.6 Å². The van der Waals surface area contributed by atoms with E-state index in [-0.39, 0.29) is 11.6 Å². The van der Waals surface area contributed by atoms with Crippen LogP contribution in [0.1, 0.15) is 30.6 Å². The fourth-order valence-electron chi connectivity index (χ4n) is 1.71. The Kier molecular flexibility index (Phi) is 4.71. The lowest BCUT2D eigenvalue weighted by Gasteiger charge is -2.14. The molecule has 21 heavy (non-hydrogen) atoms. The van der Waals surface area contributed by atoms with Crippen molar-refractivity contribution in [3.8, 4) is 0 Å². The van der Waals surface area contributed by atoms with E-state index < -0.39 is 5.91 Å². The van der Waals surface area contributed by atoms with Crippen LogP contribution in [-0.2, 0) is 0 Å². The van der Waals surface area contributed by atoms with Gasteiger partial charge in [0.05, 0.1) is 0 Å². The van der Waals surface area contributed by atoms with Gasteiger partial charge >= 0.3 is 0 Å². The summed E-state index contributed by atoms with van der Waals surface area (Å²) in [7, 11) is 0. The molecule has 0 aliphatic heterocycles. The lowest BCUT2D eigenvalue weighted by molar-refractivity contribution is 0.100. The first-order valence-electron chi connectivity index (χ1n) is 6.85. The summed E-state index contributed by atoms with van der Waals surface area (Å²) >= 11 is 0. The van der Waals surface area contributed by atoms with Crippen LogP contribution in [0, 0.1) is 0 Å². The largest absolute Gasteiger partial charge is 0.365 e.